The molecule has 2 aromatic heterocycles. The molecule has 0 fully saturated rings. The molecule has 0 aliphatic carbocycles. The third kappa shape index (κ3) is 4.88. The van der Waals surface area contributed by atoms with E-state index in [0.717, 1.165) is 42.9 Å². The summed E-state index contributed by atoms with van der Waals surface area (Å²) in [6, 6.07) is 21.9. The number of hydrogen-bond donors (Lipinski definition) is 1. The van der Waals surface area contributed by atoms with Crippen LogP contribution >= 0.6 is 23.1 Å². The Morgan fingerprint density at radius 2 is 1.97 bits per heavy atom. The van der Waals surface area contributed by atoms with Crippen LogP contribution in [0.3, 0.4) is 0 Å². The molecule has 154 valence electrons. The monoisotopic (exact) mass is 444 g/mol. The maximum Gasteiger partial charge on any atom is 0.227 e. The molecule has 0 aliphatic heterocycles. The van der Waals surface area contributed by atoms with Gasteiger partial charge in [0.1, 0.15) is 23.3 Å². The Balaban J connectivity index is 1.54. The quantitative estimate of drug-likeness (QED) is 0.331. The summed E-state index contributed by atoms with van der Waals surface area (Å²) >= 11 is 3.13. The number of rotatable bonds is 7. The van der Waals surface area contributed by atoms with Crippen molar-refractivity contribution in [2.75, 3.05) is 11.6 Å². The van der Waals surface area contributed by atoms with Crippen LogP contribution in [-0.2, 0) is 6.61 Å². The van der Waals surface area contributed by atoms with Gasteiger partial charge in [-0.25, -0.2) is 9.97 Å². The highest BCUT2D eigenvalue weighted by atomic mass is 32.2. The first-order valence-electron chi connectivity index (χ1n) is 9.62. The number of aromatic nitrogens is 2. The van der Waals surface area contributed by atoms with Crippen molar-refractivity contribution in [3.8, 4) is 23.1 Å². The Morgan fingerprint density at radius 1 is 1.13 bits per heavy atom. The molecule has 7 heteroatoms. The van der Waals surface area contributed by atoms with Gasteiger partial charge in [0.15, 0.2) is 0 Å². The van der Waals surface area contributed by atoms with Crippen molar-refractivity contribution in [2.24, 2.45) is 0 Å². The molecule has 0 amide bonds. The Labute approximate surface area is 189 Å². The predicted molar refractivity (Wildman–Crippen MR) is 127 cm³/mol. The molecule has 0 radical (unpaired) electrons. The number of thiophene rings is 1. The van der Waals surface area contributed by atoms with Crippen molar-refractivity contribution < 1.29 is 4.74 Å². The molecule has 0 bridgehead atoms. The van der Waals surface area contributed by atoms with Gasteiger partial charge in [0.2, 0.25) is 5.95 Å². The molecule has 2 heterocycles. The molecule has 0 saturated heterocycles. The van der Waals surface area contributed by atoms with E-state index in [0.29, 0.717) is 12.6 Å². The zero-order valence-electron chi connectivity index (χ0n) is 17.1. The molecule has 4 rings (SSSR count). The van der Waals surface area contributed by atoms with Gasteiger partial charge in [-0.2, -0.15) is 5.26 Å². The standard InChI is InChI=1S/C24H20N4OS2/c1-16-21(14-25)31-23(30-2)22(16)20-11-12-26-24(28-20)27-18-9-6-10-19(13-18)29-15-17-7-4-3-5-8-17/h3-13H,15H2,1-2H3,(H,26,27,28). The van der Waals surface area contributed by atoms with Crippen LogP contribution in [0.4, 0.5) is 11.6 Å². The number of nitrogens with zero attached hydrogens (tertiary/aromatic N) is 3. The third-order valence-electron chi connectivity index (χ3n) is 4.65. The second-order valence-corrected chi connectivity index (χ2v) is 8.82. The van der Waals surface area contributed by atoms with Gasteiger partial charge in [-0.15, -0.1) is 23.1 Å². The van der Waals surface area contributed by atoms with E-state index < -0.39 is 0 Å². The highest BCUT2D eigenvalue weighted by Gasteiger charge is 2.17. The number of anilines is 2. The first kappa shape index (κ1) is 20.9. The number of nitriles is 1. The highest BCUT2D eigenvalue weighted by Crippen LogP contribution is 2.40. The van der Waals surface area contributed by atoms with Crippen molar-refractivity contribution in [2.45, 2.75) is 17.7 Å². The van der Waals surface area contributed by atoms with E-state index in [1.165, 1.54) is 11.3 Å². The van der Waals surface area contributed by atoms with Crippen LogP contribution in [0.5, 0.6) is 5.75 Å². The topological polar surface area (TPSA) is 70.8 Å². The van der Waals surface area contributed by atoms with E-state index in [4.69, 9.17) is 9.72 Å². The zero-order chi connectivity index (χ0) is 21.6. The molecule has 0 saturated carbocycles. The van der Waals surface area contributed by atoms with Crippen molar-refractivity contribution in [3.63, 3.8) is 0 Å². The summed E-state index contributed by atoms with van der Waals surface area (Å²) in [5, 5.41) is 12.6. The fourth-order valence-electron chi connectivity index (χ4n) is 3.13. The van der Waals surface area contributed by atoms with E-state index in [9.17, 15) is 5.26 Å². The van der Waals surface area contributed by atoms with Gasteiger partial charge in [-0.3, -0.25) is 0 Å². The van der Waals surface area contributed by atoms with Gasteiger partial charge in [0.25, 0.3) is 0 Å². The van der Waals surface area contributed by atoms with E-state index >= 15 is 0 Å². The van der Waals surface area contributed by atoms with Gasteiger partial charge in [-0.05, 0) is 42.5 Å². The van der Waals surface area contributed by atoms with Gasteiger partial charge in [0.05, 0.1) is 9.90 Å². The Hall–Kier alpha value is -3.34. The minimum Gasteiger partial charge on any atom is -0.489 e. The summed E-state index contributed by atoms with van der Waals surface area (Å²) in [5.74, 6) is 1.26. The van der Waals surface area contributed by atoms with Crippen molar-refractivity contribution in [1.82, 2.24) is 9.97 Å². The third-order valence-corrected chi connectivity index (χ3v) is 6.97. The van der Waals surface area contributed by atoms with E-state index in [-0.39, 0.29) is 0 Å². The summed E-state index contributed by atoms with van der Waals surface area (Å²) in [6.45, 7) is 2.47. The lowest BCUT2D eigenvalue weighted by atomic mass is 10.1. The Bertz CT molecular complexity index is 1230. The molecule has 4 aromatic rings. The van der Waals surface area contributed by atoms with Crippen LogP contribution in [0.25, 0.3) is 11.3 Å². The minimum atomic E-state index is 0.494. The summed E-state index contributed by atoms with van der Waals surface area (Å²) in [7, 11) is 0. The molecule has 0 unspecified atom stereocenters. The minimum absolute atomic E-state index is 0.494. The molecule has 1 N–H and O–H groups in total. The summed E-state index contributed by atoms with van der Waals surface area (Å²) < 4.78 is 6.99. The van der Waals surface area contributed by atoms with E-state index in [2.05, 4.69) is 16.4 Å². The maximum absolute atomic E-state index is 9.38. The lowest BCUT2D eigenvalue weighted by molar-refractivity contribution is 0.306. The number of nitrogens with one attached hydrogen (secondary N) is 1. The Morgan fingerprint density at radius 3 is 2.74 bits per heavy atom. The van der Waals surface area contributed by atoms with Crippen molar-refractivity contribution in [3.05, 3.63) is 82.9 Å². The second kappa shape index (κ2) is 9.65. The van der Waals surface area contributed by atoms with Crippen LogP contribution in [0.1, 0.15) is 16.0 Å². The maximum atomic E-state index is 9.38. The van der Waals surface area contributed by atoms with Gasteiger partial charge in [-0.1, -0.05) is 36.4 Å². The summed E-state index contributed by atoms with van der Waals surface area (Å²) in [5.41, 5.74) is 4.71. The average Bonchev–Trinajstić information content (AvgIpc) is 3.14. The number of hydrogen-bond acceptors (Lipinski definition) is 7. The van der Waals surface area contributed by atoms with Gasteiger partial charge in [0, 0.05) is 23.5 Å². The van der Waals surface area contributed by atoms with Gasteiger partial charge >= 0.3 is 0 Å². The fourth-order valence-corrected chi connectivity index (χ4v) is 5.02. The molecular weight excluding hydrogens is 424 g/mol. The van der Waals surface area contributed by atoms with Crippen LogP contribution < -0.4 is 10.1 Å². The van der Waals surface area contributed by atoms with Crippen molar-refractivity contribution in [1.29, 1.82) is 5.26 Å². The second-order valence-electron chi connectivity index (χ2n) is 6.73. The highest BCUT2D eigenvalue weighted by molar-refractivity contribution is 8.00. The smallest absolute Gasteiger partial charge is 0.227 e. The SMILES string of the molecule is CSc1sc(C#N)c(C)c1-c1ccnc(Nc2cccc(OCc3ccccc3)c2)n1. The van der Waals surface area contributed by atoms with Crippen LogP contribution in [0.15, 0.2) is 71.1 Å². The predicted octanol–water partition coefficient (Wildman–Crippen LogP) is 6.43. The molecule has 2 aromatic carbocycles. The van der Waals surface area contributed by atoms with Crippen LogP contribution in [0.2, 0.25) is 0 Å². The number of ether oxygens (including phenoxy) is 1. The Kier molecular flexibility index (Phi) is 6.51. The first-order chi connectivity index (χ1) is 15.2. The zero-order valence-corrected chi connectivity index (χ0v) is 18.8. The molecule has 0 atom stereocenters. The number of benzene rings is 2. The number of thioether (sulfide) groups is 1. The molecule has 31 heavy (non-hydrogen) atoms. The first-order valence-corrected chi connectivity index (χ1v) is 11.7. The van der Waals surface area contributed by atoms with Crippen LogP contribution in [-0.4, -0.2) is 16.2 Å². The molecule has 0 aliphatic rings. The van der Waals surface area contributed by atoms with E-state index in [1.54, 1.807) is 18.0 Å². The van der Waals surface area contributed by atoms with Crippen molar-refractivity contribution >= 4 is 34.7 Å². The lowest BCUT2D eigenvalue weighted by Gasteiger charge is -2.10. The largest absolute Gasteiger partial charge is 0.489 e. The summed E-state index contributed by atoms with van der Waals surface area (Å²) in [4.78, 5) is 9.78. The van der Waals surface area contributed by atoms with Gasteiger partial charge < -0.3 is 10.1 Å². The summed E-state index contributed by atoms with van der Waals surface area (Å²) in [6.07, 6.45) is 3.74. The lowest BCUT2D eigenvalue weighted by Crippen LogP contribution is -1.99. The normalized spacial score (nSPS) is 10.5. The fraction of sp³-hybridized carbons (Fsp3) is 0.125. The molecule has 0 spiro atoms. The molecule has 5 nitrogen and oxygen atoms in total. The average molecular weight is 445 g/mol. The molecular formula is C24H20N4OS2. The van der Waals surface area contributed by atoms with Crippen LogP contribution in [0, 0.1) is 18.3 Å². The van der Waals surface area contributed by atoms with E-state index in [1.807, 2.05) is 73.8 Å².